The van der Waals surface area contributed by atoms with Gasteiger partial charge in [0.2, 0.25) is 5.91 Å². The van der Waals surface area contributed by atoms with Crippen LogP contribution in [0.3, 0.4) is 0 Å². The van der Waals surface area contributed by atoms with Crippen LogP contribution in [0.25, 0.3) is 16.6 Å². The molecule has 0 spiro atoms. The number of aromatic nitrogens is 2. The Morgan fingerprint density at radius 3 is 2.53 bits per heavy atom. The van der Waals surface area contributed by atoms with Crippen molar-refractivity contribution in [2.24, 2.45) is 0 Å². The molecule has 4 rings (SSSR count). The van der Waals surface area contributed by atoms with E-state index in [1.807, 2.05) is 42.5 Å². The van der Waals surface area contributed by atoms with Crippen molar-refractivity contribution in [1.82, 2.24) is 9.55 Å². The van der Waals surface area contributed by atoms with Gasteiger partial charge in [-0.05, 0) is 58.4 Å². The van der Waals surface area contributed by atoms with Gasteiger partial charge in [0.15, 0.2) is 11.0 Å². The number of rotatable bonds is 5. The van der Waals surface area contributed by atoms with Gasteiger partial charge in [-0.2, -0.15) is 0 Å². The van der Waals surface area contributed by atoms with Crippen molar-refractivity contribution < 1.29 is 13.6 Å². The number of anilines is 1. The van der Waals surface area contributed by atoms with Crippen LogP contribution in [0.5, 0.6) is 0 Å². The smallest absolute Gasteiger partial charge is 0.234 e. The average Bonchev–Trinajstić information content (AvgIpc) is 2.76. The number of nitrogens with zero attached hydrogens (tertiary/aromatic N) is 2. The van der Waals surface area contributed by atoms with Gasteiger partial charge in [0, 0.05) is 26.1 Å². The van der Waals surface area contributed by atoms with E-state index < -0.39 is 17.5 Å². The van der Waals surface area contributed by atoms with E-state index in [-0.39, 0.29) is 21.4 Å². The monoisotopic (exact) mass is 578 g/mol. The first-order valence-electron chi connectivity index (χ1n) is 9.23. The molecule has 3 aromatic carbocycles. The highest BCUT2D eigenvalue weighted by molar-refractivity contribution is 9.10. The molecule has 0 aliphatic carbocycles. The number of thioether (sulfide) groups is 1. The summed E-state index contributed by atoms with van der Waals surface area (Å²) < 4.78 is 30.0. The fourth-order valence-corrected chi connectivity index (χ4v) is 4.63. The van der Waals surface area contributed by atoms with Crippen molar-refractivity contribution in [3.8, 4) is 5.69 Å². The second-order valence-corrected chi connectivity index (χ2v) is 9.37. The summed E-state index contributed by atoms with van der Waals surface area (Å²) in [6.07, 6.45) is 0. The van der Waals surface area contributed by atoms with Crippen LogP contribution in [0.1, 0.15) is 0 Å². The number of fused-ring (bicyclic) bond motifs is 1. The highest BCUT2D eigenvalue weighted by Gasteiger charge is 2.16. The van der Waals surface area contributed by atoms with Crippen LogP contribution < -0.4 is 10.8 Å². The van der Waals surface area contributed by atoms with E-state index in [0.29, 0.717) is 27.8 Å². The molecule has 4 aromatic rings. The quantitative estimate of drug-likeness (QED) is 0.224. The molecule has 0 saturated carbocycles. The van der Waals surface area contributed by atoms with Gasteiger partial charge in [0.25, 0.3) is 0 Å². The van der Waals surface area contributed by atoms with Crippen LogP contribution in [0.4, 0.5) is 14.5 Å². The summed E-state index contributed by atoms with van der Waals surface area (Å²) in [5.41, 5.74) is 1.44. The number of benzene rings is 3. The van der Waals surface area contributed by atoms with Crippen molar-refractivity contribution in [2.75, 3.05) is 11.1 Å². The van der Waals surface area contributed by atoms with Crippen molar-refractivity contribution >= 4 is 66.1 Å². The molecular formula is C22H14Br2F2N4OS. The number of carbonyl (C=O) groups is 1. The average molecular weight is 580 g/mol. The lowest BCUT2D eigenvalue weighted by Crippen LogP contribution is -2.23. The third kappa shape index (κ3) is 4.77. The molecule has 10 heteroatoms. The summed E-state index contributed by atoms with van der Waals surface area (Å²) >= 11 is 7.58. The zero-order valence-corrected chi connectivity index (χ0v) is 20.2. The van der Waals surface area contributed by atoms with Gasteiger partial charge >= 0.3 is 0 Å². The molecule has 0 bridgehead atoms. The second-order valence-electron chi connectivity index (χ2n) is 6.65. The highest BCUT2D eigenvalue weighted by Crippen LogP contribution is 2.28. The lowest BCUT2D eigenvalue weighted by Gasteiger charge is -2.15. The van der Waals surface area contributed by atoms with E-state index in [1.165, 1.54) is 0 Å². The molecule has 0 aliphatic rings. The molecule has 0 unspecified atom stereocenters. The normalized spacial score (nSPS) is 11.0. The maximum absolute atomic E-state index is 14.0. The second kappa shape index (κ2) is 9.51. The van der Waals surface area contributed by atoms with Crippen LogP contribution in [-0.2, 0) is 4.79 Å². The Kier molecular flexibility index (Phi) is 6.73. The first kappa shape index (κ1) is 22.6. The largest absolute Gasteiger partial charge is 0.322 e. The standard InChI is InChI=1S/C22H14Br2F2N4OS/c23-12-5-7-14(8-6-12)30-21(27)15-3-1-2-4-18(15)28-22(30)32-11-19(31)29-20-16(24)9-13(25)10-17(20)26/h1-10,27H,11H2,(H,29,31). The molecule has 1 amide bonds. The Labute approximate surface area is 202 Å². The van der Waals surface area contributed by atoms with E-state index >= 15 is 0 Å². The Balaban J connectivity index is 1.67. The number of amides is 1. The maximum Gasteiger partial charge on any atom is 0.234 e. The SMILES string of the molecule is N=c1c2ccccc2nc(SCC(=O)Nc2c(F)cc(F)cc2Br)n1-c1ccc(Br)cc1. The Morgan fingerprint density at radius 1 is 1.09 bits per heavy atom. The first-order chi connectivity index (χ1) is 15.3. The number of halogens is 4. The molecule has 0 saturated heterocycles. The summed E-state index contributed by atoms with van der Waals surface area (Å²) in [6, 6.07) is 16.4. The molecule has 1 heterocycles. The Bertz CT molecular complexity index is 1370. The van der Waals surface area contributed by atoms with Gasteiger partial charge in [0.05, 0.1) is 17.0 Å². The zero-order valence-electron chi connectivity index (χ0n) is 16.2. The van der Waals surface area contributed by atoms with Gasteiger partial charge in [-0.3, -0.25) is 14.8 Å². The molecule has 32 heavy (non-hydrogen) atoms. The van der Waals surface area contributed by atoms with Gasteiger partial charge in [-0.15, -0.1) is 0 Å². The van der Waals surface area contributed by atoms with E-state index in [0.717, 1.165) is 22.3 Å². The first-order valence-corrected chi connectivity index (χ1v) is 11.8. The van der Waals surface area contributed by atoms with Crippen LogP contribution >= 0.6 is 43.6 Å². The summed E-state index contributed by atoms with van der Waals surface area (Å²) in [7, 11) is 0. The van der Waals surface area contributed by atoms with Crippen molar-refractivity contribution in [2.45, 2.75) is 5.16 Å². The number of hydrogen-bond acceptors (Lipinski definition) is 4. The number of carbonyl (C=O) groups excluding carboxylic acids is 1. The van der Waals surface area contributed by atoms with Crippen molar-refractivity contribution in [1.29, 1.82) is 5.41 Å². The summed E-state index contributed by atoms with van der Waals surface area (Å²) in [5, 5.41) is 12.3. The Hall–Kier alpha value is -2.56. The number of nitrogens with one attached hydrogen (secondary N) is 2. The van der Waals surface area contributed by atoms with Gasteiger partial charge < -0.3 is 5.32 Å². The van der Waals surface area contributed by atoms with Gasteiger partial charge in [-0.25, -0.2) is 13.8 Å². The van der Waals surface area contributed by atoms with Crippen molar-refractivity contribution in [3.63, 3.8) is 0 Å². The minimum atomic E-state index is -0.877. The van der Waals surface area contributed by atoms with E-state index in [4.69, 9.17) is 5.41 Å². The topological polar surface area (TPSA) is 70.8 Å². The molecule has 1 aromatic heterocycles. The minimum absolute atomic E-state index is 0.0927. The number of hydrogen-bond donors (Lipinski definition) is 2. The predicted octanol–water partition coefficient (Wildman–Crippen LogP) is 6.04. The molecule has 0 aliphatic heterocycles. The molecule has 0 atom stereocenters. The fraction of sp³-hybridized carbons (Fsp3) is 0.0455. The molecule has 162 valence electrons. The Morgan fingerprint density at radius 2 is 1.81 bits per heavy atom. The van der Waals surface area contributed by atoms with Crippen LogP contribution in [0.2, 0.25) is 0 Å². The molecule has 2 N–H and O–H groups in total. The van der Waals surface area contributed by atoms with Crippen LogP contribution in [0.15, 0.2) is 74.8 Å². The van der Waals surface area contributed by atoms with Crippen molar-refractivity contribution in [3.05, 3.63) is 86.7 Å². The van der Waals surface area contributed by atoms with E-state index in [9.17, 15) is 13.6 Å². The van der Waals surface area contributed by atoms with Gasteiger partial charge in [-0.1, -0.05) is 39.8 Å². The fourth-order valence-electron chi connectivity index (χ4n) is 3.03. The number of para-hydroxylation sites is 1. The molecular weight excluding hydrogens is 566 g/mol. The lowest BCUT2D eigenvalue weighted by molar-refractivity contribution is -0.113. The van der Waals surface area contributed by atoms with Crippen LogP contribution in [0, 0.1) is 17.0 Å². The molecule has 0 radical (unpaired) electrons. The lowest BCUT2D eigenvalue weighted by atomic mass is 10.2. The summed E-state index contributed by atoms with van der Waals surface area (Å²) in [5.74, 6) is -2.21. The predicted molar refractivity (Wildman–Crippen MR) is 128 cm³/mol. The zero-order chi connectivity index (χ0) is 22.8. The van der Waals surface area contributed by atoms with Gasteiger partial charge in [0.1, 0.15) is 11.3 Å². The van der Waals surface area contributed by atoms with Crippen LogP contribution in [-0.4, -0.2) is 21.2 Å². The third-order valence-corrected chi connectivity index (χ3v) is 6.57. The highest BCUT2D eigenvalue weighted by atomic mass is 79.9. The maximum atomic E-state index is 14.0. The molecule has 0 fully saturated rings. The van der Waals surface area contributed by atoms with E-state index in [1.54, 1.807) is 10.6 Å². The third-order valence-electron chi connectivity index (χ3n) is 4.48. The minimum Gasteiger partial charge on any atom is -0.322 e. The molecule has 5 nitrogen and oxygen atoms in total. The summed E-state index contributed by atoms with van der Waals surface area (Å²) in [4.78, 5) is 17.2. The van der Waals surface area contributed by atoms with E-state index in [2.05, 4.69) is 42.2 Å². The summed E-state index contributed by atoms with van der Waals surface area (Å²) in [6.45, 7) is 0.